The molecular formula is C12H20ClN3O2S. The second-order valence-electron chi connectivity index (χ2n) is 4.83. The lowest BCUT2D eigenvalue weighted by molar-refractivity contribution is -0.380. The smallest absolute Gasteiger partial charge is 0.319 e. The van der Waals surface area contributed by atoms with E-state index >= 15 is 0 Å². The summed E-state index contributed by atoms with van der Waals surface area (Å²) >= 11 is 1.22. The van der Waals surface area contributed by atoms with Crippen molar-refractivity contribution in [3.8, 4) is 0 Å². The number of hydrogen-bond donors (Lipinski definition) is 1. The number of piperidine rings is 1. The van der Waals surface area contributed by atoms with Crippen molar-refractivity contribution in [2.75, 3.05) is 26.7 Å². The number of nitrogens with zero attached hydrogens (tertiary/aromatic N) is 2. The molecule has 0 aromatic carbocycles. The zero-order valence-corrected chi connectivity index (χ0v) is 12.6. The standard InChI is InChI=1S/C12H19N3O2S.ClH/c1-13-7-10-2-4-14(5-3-10)8-11-6-12(15(16)17)18-9-11;/h6,9-10,13H,2-5,7-8H2,1H3;1H. The van der Waals surface area contributed by atoms with Crippen LogP contribution in [0.15, 0.2) is 11.4 Å². The molecule has 0 amide bonds. The van der Waals surface area contributed by atoms with Gasteiger partial charge in [-0.25, -0.2) is 0 Å². The molecule has 1 fully saturated rings. The highest BCUT2D eigenvalue weighted by Gasteiger charge is 2.19. The van der Waals surface area contributed by atoms with E-state index in [4.69, 9.17) is 0 Å². The van der Waals surface area contributed by atoms with Crippen LogP contribution < -0.4 is 5.32 Å². The van der Waals surface area contributed by atoms with Crippen molar-refractivity contribution in [1.29, 1.82) is 0 Å². The zero-order valence-electron chi connectivity index (χ0n) is 11.0. The predicted octanol–water partition coefficient (Wildman–Crippen LogP) is 2.51. The summed E-state index contributed by atoms with van der Waals surface area (Å²) in [5.74, 6) is 0.781. The topological polar surface area (TPSA) is 58.4 Å². The maximum absolute atomic E-state index is 10.6. The molecule has 0 saturated carbocycles. The normalized spacial score (nSPS) is 17.1. The number of hydrogen-bond acceptors (Lipinski definition) is 5. The summed E-state index contributed by atoms with van der Waals surface area (Å²) in [5, 5.41) is 16.0. The van der Waals surface area contributed by atoms with Crippen molar-refractivity contribution in [3.05, 3.63) is 27.1 Å². The first kappa shape index (κ1) is 16.4. The van der Waals surface area contributed by atoms with E-state index in [1.54, 1.807) is 6.07 Å². The van der Waals surface area contributed by atoms with Crippen LogP contribution in [-0.2, 0) is 6.54 Å². The van der Waals surface area contributed by atoms with Gasteiger partial charge in [-0.3, -0.25) is 15.0 Å². The molecule has 19 heavy (non-hydrogen) atoms. The van der Waals surface area contributed by atoms with Gasteiger partial charge in [-0.2, -0.15) is 0 Å². The fourth-order valence-electron chi connectivity index (χ4n) is 2.44. The Morgan fingerprint density at radius 3 is 2.74 bits per heavy atom. The third-order valence-electron chi connectivity index (χ3n) is 3.43. The van der Waals surface area contributed by atoms with E-state index in [2.05, 4.69) is 10.2 Å². The van der Waals surface area contributed by atoms with E-state index < -0.39 is 0 Å². The van der Waals surface area contributed by atoms with Gasteiger partial charge in [0.15, 0.2) is 0 Å². The van der Waals surface area contributed by atoms with Gasteiger partial charge in [0, 0.05) is 18.0 Å². The van der Waals surface area contributed by atoms with Crippen LogP contribution in [0.1, 0.15) is 18.4 Å². The highest BCUT2D eigenvalue weighted by atomic mass is 35.5. The van der Waals surface area contributed by atoms with Crippen LogP contribution in [-0.4, -0.2) is 36.5 Å². The summed E-state index contributed by atoms with van der Waals surface area (Å²) in [4.78, 5) is 12.7. The minimum absolute atomic E-state index is 0. The van der Waals surface area contributed by atoms with Crippen LogP contribution in [0.3, 0.4) is 0 Å². The second-order valence-corrected chi connectivity index (χ2v) is 5.72. The summed E-state index contributed by atoms with van der Waals surface area (Å²) in [5.41, 5.74) is 1.07. The molecule has 0 radical (unpaired) electrons. The number of halogens is 1. The van der Waals surface area contributed by atoms with Crippen LogP contribution >= 0.6 is 23.7 Å². The quantitative estimate of drug-likeness (QED) is 0.671. The van der Waals surface area contributed by atoms with Gasteiger partial charge in [-0.15, -0.1) is 12.4 Å². The molecule has 0 spiro atoms. The molecule has 1 N–H and O–H groups in total. The fraction of sp³-hybridized carbons (Fsp3) is 0.667. The van der Waals surface area contributed by atoms with E-state index in [1.165, 1.54) is 24.2 Å². The Balaban J connectivity index is 0.00000180. The maximum atomic E-state index is 10.6. The van der Waals surface area contributed by atoms with Crippen molar-refractivity contribution >= 4 is 28.7 Å². The summed E-state index contributed by atoms with van der Waals surface area (Å²) in [6, 6.07) is 1.70. The summed E-state index contributed by atoms with van der Waals surface area (Å²) < 4.78 is 0. The molecule has 1 aromatic heterocycles. The maximum Gasteiger partial charge on any atom is 0.324 e. The number of nitrogens with one attached hydrogen (secondary N) is 1. The molecule has 0 unspecified atom stereocenters. The lowest BCUT2D eigenvalue weighted by atomic mass is 9.96. The molecule has 2 rings (SSSR count). The fourth-order valence-corrected chi connectivity index (χ4v) is 3.16. The number of likely N-dealkylation sites (tertiary alicyclic amines) is 1. The molecule has 1 aromatic rings. The Bertz CT molecular complexity index is 405. The third kappa shape index (κ3) is 4.72. The minimum Gasteiger partial charge on any atom is -0.319 e. The van der Waals surface area contributed by atoms with Gasteiger partial charge in [0.2, 0.25) is 0 Å². The average molecular weight is 306 g/mol. The molecule has 0 bridgehead atoms. The van der Waals surface area contributed by atoms with Crippen LogP contribution in [0, 0.1) is 16.0 Å². The van der Waals surface area contributed by atoms with Gasteiger partial charge in [0.1, 0.15) is 0 Å². The van der Waals surface area contributed by atoms with Gasteiger partial charge in [-0.1, -0.05) is 11.3 Å². The minimum atomic E-state index is -0.312. The van der Waals surface area contributed by atoms with Gasteiger partial charge >= 0.3 is 5.00 Å². The Kier molecular flexibility index (Phi) is 6.71. The molecule has 0 atom stereocenters. The first-order valence-corrected chi connectivity index (χ1v) is 7.15. The molecule has 108 valence electrons. The molecule has 1 aliphatic rings. The highest BCUT2D eigenvalue weighted by molar-refractivity contribution is 7.13. The summed E-state index contributed by atoms with van der Waals surface area (Å²) in [6.07, 6.45) is 2.43. The van der Waals surface area contributed by atoms with Crippen molar-refractivity contribution in [2.45, 2.75) is 19.4 Å². The molecule has 7 heteroatoms. The number of thiophene rings is 1. The van der Waals surface area contributed by atoms with Crippen LogP contribution in [0.4, 0.5) is 5.00 Å². The molecule has 5 nitrogen and oxygen atoms in total. The number of nitro groups is 1. The first-order valence-electron chi connectivity index (χ1n) is 6.28. The van der Waals surface area contributed by atoms with E-state index in [0.29, 0.717) is 0 Å². The largest absolute Gasteiger partial charge is 0.324 e. The van der Waals surface area contributed by atoms with Gasteiger partial charge in [0.05, 0.1) is 4.92 Å². The predicted molar refractivity (Wildman–Crippen MR) is 80.1 cm³/mol. The van der Waals surface area contributed by atoms with Crippen molar-refractivity contribution in [1.82, 2.24) is 10.2 Å². The summed E-state index contributed by atoms with van der Waals surface area (Å²) in [6.45, 7) is 4.13. The Hall–Kier alpha value is -0.690. The molecule has 1 aliphatic heterocycles. The van der Waals surface area contributed by atoms with Crippen molar-refractivity contribution in [3.63, 3.8) is 0 Å². The highest BCUT2D eigenvalue weighted by Crippen LogP contribution is 2.25. The molecule has 1 saturated heterocycles. The molecule has 0 aliphatic carbocycles. The van der Waals surface area contributed by atoms with Crippen LogP contribution in [0.25, 0.3) is 0 Å². The summed E-state index contributed by atoms with van der Waals surface area (Å²) in [7, 11) is 2.00. The zero-order chi connectivity index (χ0) is 13.0. The van der Waals surface area contributed by atoms with Crippen LogP contribution in [0.5, 0.6) is 0 Å². The molecular weight excluding hydrogens is 286 g/mol. The first-order chi connectivity index (χ1) is 8.69. The van der Waals surface area contributed by atoms with Gasteiger partial charge < -0.3 is 5.32 Å². The lowest BCUT2D eigenvalue weighted by Gasteiger charge is -2.31. The third-order valence-corrected chi connectivity index (χ3v) is 4.36. The van der Waals surface area contributed by atoms with E-state index in [1.807, 2.05) is 12.4 Å². The van der Waals surface area contributed by atoms with Gasteiger partial charge in [0.25, 0.3) is 0 Å². The molecule has 2 heterocycles. The van der Waals surface area contributed by atoms with Gasteiger partial charge in [-0.05, 0) is 51.0 Å². The van der Waals surface area contributed by atoms with E-state index in [9.17, 15) is 10.1 Å². The van der Waals surface area contributed by atoms with E-state index in [-0.39, 0.29) is 22.3 Å². The Morgan fingerprint density at radius 1 is 1.53 bits per heavy atom. The Morgan fingerprint density at radius 2 is 2.21 bits per heavy atom. The number of rotatable bonds is 5. The SMILES string of the molecule is CNCC1CCN(Cc2csc([N+](=O)[O-])c2)CC1.Cl. The van der Waals surface area contributed by atoms with E-state index in [0.717, 1.165) is 37.7 Å². The van der Waals surface area contributed by atoms with Crippen LogP contribution in [0.2, 0.25) is 0 Å². The van der Waals surface area contributed by atoms with Crippen molar-refractivity contribution < 1.29 is 4.92 Å². The average Bonchev–Trinajstić information content (AvgIpc) is 2.81. The lowest BCUT2D eigenvalue weighted by Crippen LogP contribution is -2.36. The Labute approximate surface area is 123 Å². The monoisotopic (exact) mass is 305 g/mol. The second kappa shape index (κ2) is 7.79. The van der Waals surface area contributed by atoms with Crippen molar-refractivity contribution in [2.24, 2.45) is 5.92 Å².